The largest absolute Gasteiger partial charge is 0.459 e. The predicted octanol–water partition coefficient (Wildman–Crippen LogP) is 5.35. The SMILES string of the molecule is CCC1(OC(=O)C(C)(C(C)(C)C)C(C)(C)C)CCCC1. The van der Waals surface area contributed by atoms with Gasteiger partial charge in [0.05, 0.1) is 5.41 Å². The fraction of sp³-hybridized carbons (Fsp3) is 0.944. The fourth-order valence-electron chi connectivity index (χ4n) is 3.58. The molecular weight excluding hydrogens is 248 g/mol. The van der Waals surface area contributed by atoms with Crippen LogP contribution in [0.5, 0.6) is 0 Å². The molecular formula is C18H34O2. The molecule has 1 aliphatic rings. The van der Waals surface area contributed by atoms with E-state index in [0.717, 1.165) is 19.3 Å². The van der Waals surface area contributed by atoms with Crippen LogP contribution < -0.4 is 0 Å². The molecule has 1 fully saturated rings. The quantitative estimate of drug-likeness (QED) is 0.652. The Bertz CT molecular complexity index is 335. The van der Waals surface area contributed by atoms with Crippen LogP contribution in [0, 0.1) is 16.2 Å². The van der Waals surface area contributed by atoms with Crippen molar-refractivity contribution in [2.24, 2.45) is 16.2 Å². The molecule has 1 aliphatic carbocycles. The van der Waals surface area contributed by atoms with Gasteiger partial charge >= 0.3 is 5.97 Å². The van der Waals surface area contributed by atoms with E-state index in [-0.39, 0.29) is 22.4 Å². The van der Waals surface area contributed by atoms with Crippen LogP contribution in [-0.2, 0) is 9.53 Å². The highest BCUT2D eigenvalue weighted by atomic mass is 16.6. The van der Waals surface area contributed by atoms with E-state index in [1.807, 2.05) is 0 Å². The third-order valence-electron chi connectivity index (χ3n) is 5.88. The van der Waals surface area contributed by atoms with Crippen LogP contribution in [-0.4, -0.2) is 11.6 Å². The number of rotatable bonds is 3. The van der Waals surface area contributed by atoms with Crippen molar-refractivity contribution in [2.45, 2.75) is 93.1 Å². The van der Waals surface area contributed by atoms with Gasteiger partial charge in [0.25, 0.3) is 0 Å². The fourth-order valence-corrected chi connectivity index (χ4v) is 3.58. The van der Waals surface area contributed by atoms with E-state index in [1.165, 1.54) is 12.8 Å². The van der Waals surface area contributed by atoms with E-state index < -0.39 is 5.41 Å². The van der Waals surface area contributed by atoms with E-state index >= 15 is 0 Å². The Morgan fingerprint density at radius 3 is 1.65 bits per heavy atom. The van der Waals surface area contributed by atoms with Gasteiger partial charge in [-0.3, -0.25) is 4.79 Å². The second-order valence-corrected chi connectivity index (χ2v) is 8.76. The van der Waals surface area contributed by atoms with Crippen molar-refractivity contribution in [2.75, 3.05) is 0 Å². The number of hydrogen-bond acceptors (Lipinski definition) is 2. The van der Waals surface area contributed by atoms with E-state index in [9.17, 15) is 4.79 Å². The van der Waals surface area contributed by atoms with Crippen LogP contribution in [0.25, 0.3) is 0 Å². The first-order chi connectivity index (χ1) is 8.90. The molecule has 0 aromatic carbocycles. The van der Waals surface area contributed by atoms with Crippen molar-refractivity contribution in [3.8, 4) is 0 Å². The minimum Gasteiger partial charge on any atom is -0.459 e. The lowest BCUT2D eigenvalue weighted by Crippen LogP contribution is -2.53. The summed E-state index contributed by atoms with van der Waals surface area (Å²) in [4.78, 5) is 13.1. The second-order valence-electron chi connectivity index (χ2n) is 8.76. The summed E-state index contributed by atoms with van der Waals surface area (Å²) in [6, 6.07) is 0. The molecule has 0 aromatic heterocycles. The molecule has 0 aromatic rings. The van der Waals surface area contributed by atoms with E-state index in [1.54, 1.807) is 0 Å². The van der Waals surface area contributed by atoms with Gasteiger partial charge < -0.3 is 4.74 Å². The predicted molar refractivity (Wildman–Crippen MR) is 84.6 cm³/mol. The molecule has 0 unspecified atom stereocenters. The van der Waals surface area contributed by atoms with Gasteiger partial charge in [-0.2, -0.15) is 0 Å². The average molecular weight is 282 g/mol. The summed E-state index contributed by atoms with van der Waals surface area (Å²) in [7, 11) is 0. The molecule has 0 saturated heterocycles. The normalized spacial score (nSPS) is 20.0. The molecule has 2 heteroatoms. The number of carbonyl (C=O) groups excluding carboxylic acids is 1. The summed E-state index contributed by atoms with van der Waals surface area (Å²) < 4.78 is 6.13. The van der Waals surface area contributed by atoms with Gasteiger partial charge in [-0.05, 0) is 49.9 Å². The van der Waals surface area contributed by atoms with Gasteiger partial charge in [0, 0.05) is 0 Å². The number of carbonyl (C=O) groups is 1. The summed E-state index contributed by atoms with van der Waals surface area (Å²) in [6.45, 7) is 17.1. The molecule has 118 valence electrons. The Morgan fingerprint density at radius 1 is 0.950 bits per heavy atom. The zero-order chi connectivity index (χ0) is 15.8. The Kier molecular flexibility index (Phi) is 4.68. The van der Waals surface area contributed by atoms with Crippen LogP contribution >= 0.6 is 0 Å². The highest BCUT2D eigenvalue weighted by Crippen LogP contribution is 2.53. The summed E-state index contributed by atoms with van der Waals surface area (Å²) >= 11 is 0. The molecule has 0 amide bonds. The first-order valence-electron chi connectivity index (χ1n) is 8.13. The van der Waals surface area contributed by atoms with Crippen molar-refractivity contribution in [3.63, 3.8) is 0 Å². The van der Waals surface area contributed by atoms with Crippen molar-refractivity contribution < 1.29 is 9.53 Å². The topological polar surface area (TPSA) is 26.3 Å². The monoisotopic (exact) mass is 282 g/mol. The van der Waals surface area contributed by atoms with E-state index in [4.69, 9.17) is 4.74 Å². The first-order valence-corrected chi connectivity index (χ1v) is 8.13. The van der Waals surface area contributed by atoms with Gasteiger partial charge in [0.1, 0.15) is 5.60 Å². The smallest absolute Gasteiger partial charge is 0.313 e. The summed E-state index contributed by atoms with van der Waals surface area (Å²) in [6.07, 6.45) is 5.36. The molecule has 2 nitrogen and oxygen atoms in total. The maximum Gasteiger partial charge on any atom is 0.313 e. The highest BCUT2D eigenvalue weighted by Gasteiger charge is 2.55. The molecule has 0 radical (unpaired) electrons. The number of hydrogen-bond donors (Lipinski definition) is 0. The molecule has 1 rings (SSSR count). The Balaban J connectivity index is 3.08. The van der Waals surface area contributed by atoms with Gasteiger partial charge in [-0.25, -0.2) is 0 Å². The van der Waals surface area contributed by atoms with Crippen molar-refractivity contribution >= 4 is 5.97 Å². The van der Waals surface area contributed by atoms with Crippen LogP contribution in [0.3, 0.4) is 0 Å². The molecule has 0 bridgehead atoms. The minimum atomic E-state index is -0.495. The number of esters is 1. The Hall–Kier alpha value is -0.530. The minimum absolute atomic E-state index is 0.0127. The van der Waals surface area contributed by atoms with Crippen LogP contribution in [0.4, 0.5) is 0 Å². The molecule has 0 heterocycles. The van der Waals surface area contributed by atoms with Crippen LogP contribution in [0.1, 0.15) is 87.5 Å². The zero-order valence-corrected chi connectivity index (χ0v) is 14.9. The van der Waals surface area contributed by atoms with Crippen LogP contribution in [0.2, 0.25) is 0 Å². The van der Waals surface area contributed by atoms with Gasteiger partial charge in [-0.15, -0.1) is 0 Å². The maximum absolute atomic E-state index is 13.1. The van der Waals surface area contributed by atoms with Crippen molar-refractivity contribution in [1.82, 2.24) is 0 Å². The van der Waals surface area contributed by atoms with E-state index in [0.29, 0.717) is 0 Å². The van der Waals surface area contributed by atoms with Crippen LogP contribution in [0.15, 0.2) is 0 Å². The molecule has 0 atom stereocenters. The summed E-state index contributed by atoms with van der Waals surface area (Å²) in [5, 5.41) is 0. The molecule has 0 spiro atoms. The van der Waals surface area contributed by atoms with Gasteiger partial charge in [-0.1, -0.05) is 48.5 Å². The van der Waals surface area contributed by atoms with Gasteiger partial charge in [0.15, 0.2) is 0 Å². The first kappa shape index (κ1) is 17.5. The van der Waals surface area contributed by atoms with Gasteiger partial charge in [0.2, 0.25) is 0 Å². The molecule has 0 N–H and O–H groups in total. The third-order valence-corrected chi connectivity index (χ3v) is 5.88. The Morgan fingerprint density at radius 2 is 1.35 bits per heavy atom. The lowest BCUT2D eigenvalue weighted by molar-refractivity contribution is -0.189. The second kappa shape index (κ2) is 5.35. The number of ether oxygens (including phenoxy) is 1. The Labute approximate surface area is 125 Å². The zero-order valence-electron chi connectivity index (χ0n) is 14.9. The van der Waals surface area contributed by atoms with Crippen molar-refractivity contribution in [1.29, 1.82) is 0 Å². The lowest BCUT2D eigenvalue weighted by atomic mass is 9.55. The molecule has 1 saturated carbocycles. The van der Waals surface area contributed by atoms with Crippen molar-refractivity contribution in [3.05, 3.63) is 0 Å². The summed E-state index contributed by atoms with van der Waals surface area (Å²) in [5.74, 6) is -0.0127. The summed E-state index contributed by atoms with van der Waals surface area (Å²) in [5.41, 5.74) is -0.953. The molecule has 20 heavy (non-hydrogen) atoms. The average Bonchev–Trinajstić information content (AvgIpc) is 2.74. The molecule has 0 aliphatic heterocycles. The maximum atomic E-state index is 13.1. The third kappa shape index (κ3) is 2.89. The van der Waals surface area contributed by atoms with E-state index in [2.05, 4.69) is 55.4 Å². The lowest BCUT2D eigenvalue weighted by Gasteiger charge is -2.50. The highest BCUT2D eigenvalue weighted by molar-refractivity contribution is 5.79. The standard InChI is InChI=1S/C18H34O2/c1-9-18(12-10-11-13-18)20-14(19)17(8,15(2,3)4)16(5,6)7/h9-13H2,1-8H3.